The molecule has 1 aromatic rings. The number of hydrogen-bond donors (Lipinski definition) is 2. The maximum Gasteiger partial charge on any atom is 0.354 e. The summed E-state index contributed by atoms with van der Waals surface area (Å²) in [5.41, 5.74) is 0.438. The summed E-state index contributed by atoms with van der Waals surface area (Å²) in [6.45, 7) is 0. The molecule has 0 spiro atoms. The number of hydrogen-bond acceptors (Lipinski definition) is 3. The van der Waals surface area contributed by atoms with E-state index >= 15 is 0 Å². The molecule has 20 heavy (non-hydrogen) atoms. The van der Waals surface area contributed by atoms with Gasteiger partial charge in [-0.1, -0.05) is 25.7 Å². The van der Waals surface area contributed by atoms with Gasteiger partial charge in [-0.2, -0.15) is 0 Å². The second-order valence-electron chi connectivity index (χ2n) is 5.34. The predicted octanol–water partition coefficient (Wildman–Crippen LogP) is 3.08. The Hall–Kier alpha value is -1.91. The highest BCUT2D eigenvalue weighted by Gasteiger charge is 2.16. The highest BCUT2D eigenvalue weighted by Crippen LogP contribution is 2.25. The molecule has 5 heteroatoms. The van der Waals surface area contributed by atoms with Gasteiger partial charge in [-0.05, 0) is 30.9 Å². The summed E-state index contributed by atoms with van der Waals surface area (Å²) in [4.78, 5) is 26.5. The van der Waals surface area contributed by atoms with Crippen LogP contribution in [0.3, 0.4) is 0 Å². The Balaban J connectivity index is 1.90. The number of pyridine rings is 1. The zero-order valence-electron chi connectivity index (χ0n) is 11.5. The second-order valence-corrected chi connectivity index (χ2v) is 5.34. The molecule has 1 fully saturated rings. The quantitative estimate of drug-likeness (QED) is 0.828. The van der Waals surface area contributed by atoms with Gasteiger partial charge >= 0.3 is 5.97 Å². The second kappa shape index (κ2) is 7.03. The number of carbonyl (C=O) groups is 2. The van der Waals surface area contributed by atoms with Crippen molar-refractivity contribution in [2.45, 2.75) is 44.9 Å². The van der Waals surface area contributed by atoms with Crippen molar-refractivity contribution in [2.75, 3.05) is 5.32 Å². The Morgan fingerprint density at radius 2 is 1.95 bits per heavy atom. The van der Waals surface area contributed by atoms with Crippen LogP contribution in [0.25, 0.3) is 0 Å². The van der Waals surface area contributed by atoms with Crippen LogP contribution in [0.15, 0.2) is 18.3 Å². The molecule has 5 nitrogen and oxygen atoms in total. The third kappa shape index (κ3) is 4.33. The molecule has 1 aliphatic carbocycles. The molecule has 0 saturated heterocycles. The van der Waals surface area contributed by atoms with E-state index in [9.17, 15) is 9.59 Å². The summed E-state index contributed by atoms with van der Waals surface area (Å²) in [5.74, 6) is -0.678. The van der Waals surface area contributed by atoms with Crippen molar-refractivity contribution in [3.05, 3.63) is 24.0 Å². The fraction of sp³-hybridized carbons (Fsp3) is 0.533. The molecule has 1 amide bonds. The van der Waals surface area contributed by atoms with E-state index in [1.807, 2.05) is 0 Å². The van der Waals surface area contributed by atoms with Crippen molar-refractivity contribution in [3.63, 3.8) is 0 Å². The summed E-state index contributed by atoms with van der Waals surface area (Å²) in [7, 11) is 0. The molecular formula is C15H20N2O3. The van der Waals surface area contributed by atoms with Crippen LogP contribution in [0.2, 0.25) is 0 Å². The monoisotopic (exact) mass is 276 g/mol. The molecule has 0 bridgehead atoms. The molecule has 0 aliphatic heterocycles. The summed E-state index contributed by atoms with van der Waals surface area (Å²) in [5, 5.41) is 11.6. The molecule has 1 heterocycles. The van der Waals surface area contributed by atoms with Crippen LogP contribution in [-0.2, 0) is 4.79 Å². The Morgan fingerprint density at radius 1 is 1.25 bits per heavy atom. The van der Waals surface area contributed by atoms with Gasteiger partial charge in [-0.15, -0.1) is 0 Å². The number of anilines is 1. The maximum absolute atomic E-state index is 12.0. The number of nitrogens with one attached hydrogen (secondary N) is 1. The van der Waals surface area contributed by atoms with Gasteiger partial charge in [0.05, 0.1) is 0 Å². The van der Waals surface area contributed by atoms with Crippen LogP contribution in [0.4, 0.5) is 5.69 Å². The van der Waals surface area contributed by atoms with E-state index in [2.05, 4.69) is 10.3 Å². The van der Waals surface area contributed by atoms with Gasteiger partial charge in [0.25, 0.3) is 0 Å². The first-order valence-corrected chi connectivity index (χ1v) is 7.14. The normalized spacial score (nSPS) is 16.4. The van der Waals surface area contributed by atoms with Crippen molar-refractivity contribution >= 4 is 17.6 Å². The third-order valence-corrected chi connectivity index (χ3v) is 3.71. The number of carboxylic acids is 1. The Morgan fingerprint density at radius 3 is 2.60 bits per heavy atom. The van der Waals surface area contributed by atoms with E-state index in [-0.39, 0.29) is 11.6 Å². The molecule has 1 aliphatic rings. The van der Waals surface area contributed by atoms with E-state index in [1.54, 1.807) is 6.07 Å². The number of carbonyl (C=O) groups excluding carboxylic acids is 1. The first kappa shape index (κ1) is 14.5. The molecule has 1 aromatic heterocycles. The van der Waals surface area contributed by atoms with Crippen molar-refractivity contribution in [2.24, 2.45) is 5.92 Å². The van der Waals surface area contributed by atoms with Gasteiger partial charge in [0.15, 0.2) is 0 Å². The molecule has 0 radical (unpaired) electrons. The van der Waals surface area contributed by atoms with Gasteiger partial charge in [0, 0.05) is 18.3 Å². The smallest absolute Gasteiger partial charge is 0.354 e. The Bertz CT molecular complexity index is 480. The average Bonchev–Trinajstić information content (AvgIpc) is 2.67. The lowest BCUT2D eigenvalue weighted by molar-refractivity contribution is -0.117. The summed E-state index contributed by atoms with van der Waals surface area (Å²) < 4.78 is 0. The van der Waals surface area contributed by atoms with Crippen molar-refractivity contribution in [1.29, 1.82) is 0 Å². The van der Waals surface area contributed by atoms with Gasteiger partial charge in [0.2, 0.25) is 5.91 Å². The standard InChI is InChI=1S/C15H20N2O3/c18-14(9-11-5-3-1-2-4-6-11)17-12-7-8-16-13(10-12)15(19)20/h7-8,10-11H,1-6,9H2,(H,19,20)(H,16,17,18). The van der Waals surface area contributed by atoms with Crippen LogP contribution in [0.5, 0.6) is 0 Å². The summed E-state index contributed by atoms with van der Waals surface area (Å²) in [6.07, 6.45) is 9.09. The van der Waals surface area contributed by atoms with Crippen LogP contribution >= 0.6 is 0 Å². The SMILES string of the molecule is O=C(CC1CCCCCC1)Nc1ccnc(C(=O)O)c1. The molecule has 2 rings (SSSR count). The van der Waals surface area contributed by atoms with Crippen molar-refractivity contribution < 1.29 is 14.7 Å². The molecule has 1 saturated carbocycles. The first-order valence-electron chi connectivity index (χ1n) is 7.14. The minimum absolute atomic E-state index is 0.0422. The highest BCUT2D eigenvalue weighted by atomic mass is 16.4. The topological polar surface area (TPSA) is 79.3 Å². The first-order chi connectivity index (χ1) is 9.65. The predicted molar refractivity (Wildman–Crippen MR) is 75.6 cm³/mol. The fourth-order valence-corrected chi connectivity index (χ4v) is 2.67. The Kier molecular flexibility index (Phi) is 5.09. The molecular weight excluding hydrogens is 256 g/mol. The number of aromatic carboxylic acids is 1. The third-order valence-electron chi connectivity index (χ3n) is 3.71. The van der Waals surface area contributed by atoms with Crippen molar-refractivity contribution in [1.82, 2.24) is 4.98 Å². The maximum atomic E-state index is 12.0. The number of aromatic nitrogens is 1. The zero-order valence-corrected chi connectivity index (χ0v) is 11.5. The van der Waals surface area contributed by atoms with E-state index in [0.29, 0.717) is 18.0 Å². The molecule has 0 unspecified atom stereocenters. The number of carboxylic acid groups (broad SMARTS) is 1. The van der Waals surface area contributed by atoms with Crippen LogP contribution in [0, 0.1) is 5.92 Å². The van der Waals surface area contributed by atoms with E-state index in [0.717, 1.165) is 12.8 Å². The lowest BCUT2D eigenvalue weighted by Gasteiger charge is -2.13. The van der Waals surface area contributed by atoms with Gasteiger partial charge in [-0.3, -0.25) is 4.79 Å². The lowest BCUT2D eigenvalue weighted by Crippen LogP contribution is -2.16. The van der Waals surface area contributed by atoms with E-state index in [1.165, 1.54) is 37.9 Å². The van der Waals surface area contributed by atoms with Gasteiger partial charge in [-0.25, -0.2) is 9.78 Å². The van der Waals surface area contributed by atoms with Crippen LogP contribution in [-0.4, -0.2) is 22.0 Å². The van der Waals surface area contributed by atoms with Crippen molar-refractivity contribution in [3.8, 4) is 0 Å². The van der Waals surface area contributed by atoms with Crippen LogP contribution in [0.1, 0.15) is 55.4 Å². The minimum atomic E-state index is -1.09. The molecule has 0 atom stereocenters. The minimum Gasteiger partial charge on any atom is -0.477 e. The largest absolute Gasteiger partial charge is 0.477 e. The van der Waals surface area contributed by atoms with Gasteiger partial charge < -0.3 is 10.4 Å². The summed E-state index contributed by atoms with van der Waals surface area (Å²) in [6, 6.07) is 2.99. The van der Waals surface area contributed by atoms with E-state index < -0.39 is 5.97 Å². The van der Waals surface area contributed by atoms with E-state index in [4.69, 9.17) is 5.11 Å². The number of amides is 1. The lowest BCUT2D eigenvalue weighted by atomic mass is 9.96. The fourth-order valence-electron chi connectivity index (χ4n) is 2.67. The number of nitrogens with zero attached hydrogens (tertiary/aromatic N) is 1. The van der Waals surface area contributed by atoms with Gasteiger partial charge in [0.1, 0.15) is 5.69 Å². The molecule has 108 valence electrons. The molecule has 2 N–H and O–H groups in total. The Labute approximate surface area is 118 Å². The number of rotatable bonds is 4. The highest BCUT2D eigenvalue weighted by molar-refractivity contribution is 5.92. The van der Waals surface area contributed by atoms with Crippen LogP contribution < -0.4 is 5.32 Å². The summed E-state index contributed by atoms with van der Waals surface area (Å²) >= 11 is 0. The molecule has 0 aromatic carbocycles. The average molecular weight is 276 g/mol. The zero-order chi connectivity index (χ0) is 14.4.